The zero-order valence-electron chi connectivity index (χ0n) is 61.3. The van der Waals surface area contributed by atoms with Gasteiger partial charge in [-0.1, -0.05) is 337 Å². The number of phosphoric acid groups is 2. The van der Waals surface area contributed by atoms with E-state index < -0.39 is 97.5 Å². The summed E-state index contributed by atoms with van der Waals surface area (Å²) in [4.78, 5) is 72.7. The number of carbonyl (C=O) groups is 4. The van der Waals surface area contributed by atoms with Gasteiger partial charge in [-0.05, 0) is 37.5 Å². The molecule has 0 aromatic heterocycles. The highest BCUT2D eigenvalue weighted by atomic mass is 31.2. The summed E-state index contributed by atoms with van der Waals surface area (Å²) in [6.07, 6.45) is 54.1. The van der Waals surface area contributed by atoms with Gasteiger partial charge in [0.15, 0.2) is 12.2 Å². The number of esters is 4. The summed E-state index contributed by atoms with van der Waals surface area (Å²) in [5.74, 6) is -0.523. The van der Waals surface area contributed by atoms with Gasteiger partial charge in [0.25, 0.3) is 0 Å². The normalized spacial score (nSPS) is 14.0. The van der Waals surface area contributed by atoms with E-state index >= 15 is 0 Å². The molecule has 0 fully saturated rings. The Morgan fingerprint density at radius 1 is 0.287 bits per heavy atom. The van der Waals surface area contributed by atoms with Gasteiger partial charge in [-0.15, -0.1) is 0 Å². The van der Waals surface area contributed by atoms with Gasteiger partial charge in [-0.3, -0.25) is 37.3 Å². The fraction of sp³-hybridized carbons (Fsp3) is 0.947. The van der Waals surface area contributed by atoms with Crippen LogP contribution in [0.1, 0.15) is 388 Å². The molecule has 2 unspecified atom stereocenters. The van der Waals surface area contributed by atoms with E-state index in [9.17, 15) is 43.2 Å². The summed E-state index contributed by atoms with van der Waals surface area (Å²) in [7, 11) is -9.90. The molecule has 0 saturated carbocycles. The Morgan fingerprint density at radius 2 is 0.489 bits per heavy atom. The lowest BCUT2D eigenvalue weighted by atomic mass is 10.0. The van der Waals surface area contributed by atoms with Gasteiger partial charge in [0.1, 0.15) is 19.3 Å². The molecule has 5 atom stereocenters. The van der Waals surface area contributed by atoms with Crippen molar-refractivity contribution in [2.24, 2.45) is 11.8 Å². The number of carbonyl (C=O) groups excluding carboxylic acids is 4. The molecule has 0 aromatic carbocycles. The highest BCUT2D eigenvalue weighted by Gasteiger charge is 2.30. The van der Waals surface area contributed by atoms with Crippen LogP contribution < -0.4 is 0 Å². The van der Waals surface area contributed by atoms with Crippen LogP contribution in [-0.4, -0.2) is 96.7 Å². The second-order valence-electron chi connectivity index (χ2n) is 28.0. The topological polar surface area (TPSA) is 237 Å². The van der Waals surface area contributed by atoms with E-state index in [1.54, 1.807) is 0 Å². The van der Waals surface area contributed by atoms with Crippen molar-refractivity contribution in [1.82, 2.24) is 0 Å². The smallest absolute Gasteiger partial charge is 0.462 e. The minimum absolute atomic E-state index is 0.107. The standard InChI is InChI=1S/C75H146O17P2/c1-7-9-11-13-15-17-18-29-35-41-47-53-59-74(79)91-70(63-85-72(77)57-51-45-39-16-14-12-10-8-2)65-89-93(81,82)87-61-69(76)62-88-94(83,84)90-66-71(92-75(80)60-54-48-42-36-31-26-22-20-24-28-33-38-44-50-56-68(5)6)64-86-73(78)58-52-46-40-34-30-25-21-19-23-27-32-37-43-49-55-67(3)4/h67-71,76H,7-66H2,1-6H3,(H,81,82)(H,83,84)/t69-,70+,71+/m0/s1. The second kappa shape index (κ2) is 66.9. The number of unbranched alkanes of at least 4 members (excludes halogenated alkanes) is 44. The van der Waals surface area contributed by atoms with Crippen molar-refractivity contribution >= 4 is 39.5 Å². The van der Waals surface area contributed by atoms with Crippen LogP contribution in [0.3, 0.4) is 0 Å². The predicted molar refractivity (Wildman–Crippen MR) is 381 cm³/mol. The Labute approximate surface area is 575 Å². The van der Waals surface area contributed by atoms with Crippen LogP contribution in [0.4, 0.5) is 0 Å². The van der Waals surface area contributed by atoms with Crippen LogP contribution in [0, 0.1) is 11.8 Å². The first-order valence-corrected chi connectivity index (χ1v) is 42.0. The Hall–Kier alpha value is -1.94. The quantitative estimate of drug-likeness (QED) is 0.0222. The Balaban J connectivity index is 5.21. The number of hydrogen-bond acceptors (Lipinski definition) is 15. The zero-order chi connectivity index (χ0) is 69.3. The van der Waals surface area contributed by atoms with Crippen molar-refractivity contribution in [2.75, 3.05) is 39.6 Å². The van der Waals surface area contributed by atoms with Crippen molar-refractivity contribution in [1.29, 1.82) is 0 Å². The van der Waals surface area contributed by atoms with E-state index in [0.717, 1.165) is 108 Å². The van der Waals surface area contributed by atoms with E-state index in [-0.39, 0.29) is 25.7 Å². The lowest BCUT2D eigenvalue weighted by Crippen LogP contribution is -2.30. The van der Waals surface area contributed by atoms with Gasteiger partial charge in [0.05, 0.1) is 26.4 Å². The monoisotopic (exact) mass is 1380 g/mol. The maximum atomic E-state index is 13.1. The maximum absolute atomic E-state index is 13.1. The van der Waals surface area contributed by atoms with E-state index in [4.69, 9.17) is 37.0 Å². The van der Waals surface area contributed by atoms with Gasteiger partial charge in [-0.25, -0.2) is 9.13 Å². The Kier molecular flexibility index (Phi) is 65.5. The van der Waals surface area contributed by atoms with Gasteiger partial charge in [0.2, 0.25) is 0 Å². The molecule has 0 spiro atoms. The Morgan fingerprint density at radius 3 is 0.723 bits per heavy atom. The Bertz CT molecular complexity index is 1820. The maximum Gasteiger partial charge on any atom is 0.472 e. The zero-order valence-corrected chi connectivity index (χ0v) is 63.1. The van der Waals surface area contributed by atoms with E-state index in [1.165, 1.54) is 199 Å². The summed E-state index contributed by atoms with van der Waals surface area (Å²) in [6, 6.07) is 0. The minimum atomic E-state index is -4.96. The lowest BCUT2D eigenvalue weighted by molar-refractivity contribution is -0.161. The predicted octanol–water partition coefficient (Wildman–Crippen LogP) is 21.9. The fourth-order valence-electron chi connectivity index (χ4n) is 11.5. The average molecular weight is 1380 g/mol. The molecule has 0 amide bonds. The SMILES string of the molecule is CCCCCCCCCCCCCCC(=O)O[C@H](COC(=O)CCCCCCCCCC)COP(=O)(O)OC[C@H](O)COP(=O)(O)OC[C@@H](COC(=O)CCCCCCCCCCCCCCCCC(C)C)OC(=O)CCCCCCCCCCCCCCCCC(C)C. The number of ether oxygens (including phenoxy) is 4. The van der Waals surface area contributed by atoms with Crippen LogP contribution in [-0.2, 0) is 65.4 Å². The molecular formula is C75H146O17P2. The fourth-order valence-corrected chi connectivity index (χ4v) is 13.1. The molecule has 3 N–H and O–H groups in total. The summed E-state index contributed by atoms with van der Waals surface area (Å²) >= 11 is 0. The third kappa shape index (κ3) is 68.6. The number of aliphatic hydroxyl groups excluding tert-OH is 1. The van der Waals surface area contributed by atoms with Gasteiger partial charge in [-0.2, -0.15) is 0 Å². The molecule has 558 valence electrons. The highest BCUT2D eigenvalue weighted by Crippen LogP contribution is 2.45. The molecule has 0 aliphatic rings. The van der Waals surface area contributed by atoms with Crippen LogP contribution >= 0.6 is 15.6 Å². The van der Waals surface area contributed by atoms with Gasteiger partial charge < -0.3 is 33.8 Å². The van der Waals surface area contributed by atoms with Crippen molar-refractivity contribution in [3.05, 3.63) is 0 Å². The minimum Gasteiger partial charge on any atom is -0.462 e. The van der Waals surface area contributed by atoms with Crippen LogP contribution in [0.25, 0.3) is 0 Å². The highest BCUT2D eigenvalue weighted by molar-refractivity contribution is 7.47. The lowest BCUT2D eigenvalue weighted by Gasteiger charge is -2.21. The van der Waals surface area contributed by atoms with Crippen LogP contribution in [0.5, 0.6) is 0 Å². The number of phosphoric ester groups is 2. The summed E-state index contributed by atoms with van der Waals surface area (Å²) in [5, 5.41) is 10.6. The number of aliphatic hydroxyl groups is 1. The molecule has 0 saturated heterocycles. The van der Waals surface area contributed by atoms with Crippen molar-refractivity contribution in [2.45, 2.75) is 407 Å². The molecule has 0 aromatic rings. The third-order valence-corrected chi connectivity index (χ3v) is 19.4. The molecule has 0 rings (SSSR count). The molecular weight excluding hydrogens is 1230 g/mol. The van der Waals surface area contributed by atoms with Crippen LogP contribution in [0.15, 0.2) is 0 Å². The van der Waals surface area contributed by atoms with E-state index in [2.05, 4.69) is 41.5 Å². The first kappa shape index (κ1) is 92.1. The van der Waals surface area contributed by atoms with Crippen molar-refractivity contribution in [3.63, 3.8) is 0 Å². The number of rotatable bonds is 74. The average Bonchev–Trinajstić information content (AvgIpc) is 1.80. The van der Waals surface area contributed by atoms with Gasteiger partial charge in [0, 0.05) is 25.7 Å². The first-order valence-electron chi connectivity index (χ1n) is 39.0. The first-order chi connectivity index (χ1) is 45.4. The van der Waals surface area contributed by atoms with Crippen molar-refractivity contribution in [3.8, 4) is 0 Å². The molecule has 0 bridgehead atoms. The summed E-state index contributed by atoms with van der Waals surface area (Å²) < 4.78 is 68.4. The van der Waals surface area contributed by atoms with Crippen molar-refractivity contribution < 1.29 is 80.2 Å². The van der Waals surface area contributed by atoms with Gasteiger partial charge >= 0.3 is 39.5 Å². The molecule has 0 heterocycles. The van der Waals surface area contributed by atoms with Crippen LogP contribution in [0.2, 0.25) is 0 Å². The molecule has 94 heavy (non-hydrogen) atoms. The molecule has 17 nitrogen and oxygen atoms in total. The summed E-state index contributed by atoms with van der Waals surface area (Å²) in [5.41, 5.74) is 0. The number of hydrogen-bond donors (Lipinski definition) is 3. The molecule has 0 aliphatic heterocycles. The molecule has 0 aliphatic carbocycles. The third-order valence-electron chi connectivity index (χ3n) is 17.5. The summed E-state index contributed by atoms with van der Waals surface area (Å²) in [6.45, 7) is 9.61. The van der Waals surface area contributed by atoms with E-state index in [0.29, 0.717) is 25.7 Å². The molecule has 19 heteroatoms. The second-order valence-corrected chi connectivity index (χ2v) is 30.9. The molecule has 0 radical (unpaired) electrons. The van der Waals surface area contributed by atoms with E-state index in [1.807, 2.05) is 0 Å². The largest absolute Gasteiger partial charge is 0.472 e.